The van der Waals surface area contributed by atoms with E-state index in [2.05, 4.69) is 23.7 Å². The lowest BCUT2D eigenvalue weighted by Crippen LogP contribution is -2.57. The van der Waals surface area contributed by atoms with E-state index in [0.29, 0.717) is 48.3 Å². The predicted molar refractivity (Wildman–Crippen MR) is 170 cm³/mol. The van der Waals surface area contributed by atoms with Gasteiger partial charge in [0, 0.05) is 18.6 Å². The minimum Gasteiger partial charge on any atom is -0.448 e. The third kappa shape index (κ3) is 4.61. The van der Waals surface area contributed by atoms with Crippen LogP contribution < -0.4 is 0 Å². The lowest BCUT2D eigenvalue weighted by molar-refractivity contribution is -0.219. The molecule has 0 bridgehead atoms. The van der Waals surface area contributed by atoms with Gasteiger partial charge in [-0.1, -0.05) is 13.8 Å². The maximum Gasteiger partial charge on any atom is 0.208 e. The molecule has 5 aliphatic carbocycles. The minimum absolute atomic E-state index is 0.0557. The van der Waals surface area contributed by atoms with Crippen LogP contribution in [0, 0.1) is 39.4 Å². The summed E-state index contributed by atoms with van der Waals surface area (Å²) in [7, 11) is 0. The van der Waals surface area contributed by atoms with Crippen molar-refractivity contribution in [3.8, 4) is 0 Å². The van der Waals surface area contributed by atoms with Gasteiger partial charge in [-0.2, -0.15) is 0 Å². The zero-order valence-electron chi connectivity index (χ0n) is 28.8. The molecule has 46 heavy (non-hydrogen) atoms. The van der Waals surface area contributed by atoms with Crippen molar-refractivity contribution in [1.82, 2.24) is 9.88 Å². The Labute approximate surface area is 275 Å². The molecule has 2 N–H and O–H groups in total. The van der Waals surface area contributed by atoms with E-state index in [4.69, 9.17) is 23.4 Å². The number of hydrogen-bond donors (Lipinski definition) is 2. The average molecular weight is 643 g/mol. The molecule has 2 aliphatic heterocycles. The largest absolute Gasteiger partial charge is 0.448 e. The van der Waals surface area contributed by atoms with Crippen molar-refractivity contribution >= 4 is 0 Å². The third-order valence-corrected chi connectivity index (χ3v) is 15.2. The summed E-state index contributed by atoms with van der Waals surface area (Å²) in [5, 5.41) is 23.3. The molecular weight excluding hydrogens is 584 g/mol. The van der Waals surface area contributed by atoms with Gasteiger partial charge in [-0.25, -0.2) is 4.98 Å². The van der Waals surface area contributed by atoms with E-state index in [1.165, 1.54) is 38.5 Å². The molecule has 0 radical (unpaired) electrons. The number of fused-ring (bicyclic) bond motifs is 4. The maximum atomic E-state index is 12.4. The van der Waals surface area contributed by atoms with Crippen LogP contribution in [0.3, 0.4) is 0 Å². The van der Waals surface area contributed by atoms with Gasteiger partial charge in [-0.15, -0.1) is 0 Å². The van der Waals surface area contributed by atoms with Crippen LogP contribution in [0.15, 0.2) is 16.9 Å². The van der Waals surface area contributed by atoms with E-state index in [0.717, 1.165) is 44.7 Å². The molecule has 0 amide bonds. The Hall–Kier alpha value is -1.07. The predicted octanol–water partition coefficient (Wildman–Crippen LogP) is 5.33. The van der Waals surface area contributed by atoms with Gasteiger partial charge in [0.1, 0.15) is 12.4 Å². The van der Waals surface area contributed by atoms with E-state index in [1.807, 2.05) is 20.8 Å². The molecule has 2 spiro atoms. The summed E-state index contributed by atoms with van der Waals surface area (Å²) in [6.07, 6.45) is 13.7. The second kappa shape index (κ2) is 11.2. The van der Waals surface area contributed by atoms with Crippen LogP contribution in [0.2, 0.25) is 0 Å². The average Bonchev–Trinajstić information content (AvgIpc) is 3.32. The lowest BCUT2D eigenvalue weighted by atomic mass is 9.43. The fourth-order valence-electron chi connectivity index (χ4n) is 13.0. The molecule has 258 valence electrons. The molecule has 3 heterocycles. The topological polar surface area (TPSA) is 107 Å². The van der Waals surface area contributed by atoms with Gasteiger partial charge in [0.25, 0.3) is 0 Å². The van der Waals surface area contributed by atoms with E-state index in [9.17, 15) is 10.2 Å². The van der Waals surface area contributed by atoms with Crippen LogP contribution in [0.5, 0.6) is 0 Å². The highest BCUT2D eigenvalue weighted by Gasteiger charge is 2.83. The number of nitrogens with zero attached hydrogens (tertiary/aromatic N) is 2. The van der Waals surface area contributed by atoms with Gasteiger partial charge in [-0.3, -0.25) is 4.90 Å². The summed E-state index contributed by atoms with van der Waals surface area (Å²) in [6, 6.07) is 0. The Balaban J connectivity index is 0.955. The highest BCUT2D eigenvalue weighted by Crippen LogP contribution is 2.88. The number of aliphatic hydroxyl groups is 2. The van der Waals surface area contributed by atoms with Gasteiger partial charge in [-0.05, 0) is 119 Å². The molecule has 9 heteroatoms. The molecule has 7 aliphatic rings. The number of morpholine rings is 1. The molecule has 5 saturated carbocycles. The van der Waals surface area contributed by atoms with Gasteiger partial charge in [0.2, 0.25) is 5.89 Å². The molecule has 8 rings (SSSR count). The van der Waals surface area contributed by atoms with Crippen molar-refractivity contribution in [2.45, 2.75) is 148 Å². The first kappa shape index (κ1) is 32.2. The molecule has 4 unspecified atom stereocenters. The highest BCUT2D eigenvalue weighted by molar-refractivity contribution is 5.31. The van der Waals surface area contributed by atoms with Gasteiger partial charge in [0.15, 0.2) is 6.29 Å². The zero-order chi connectivity index (χ0) is 32.1. The zero-order valence-corrected chi connectivity index (χ0v) is 28.8. The van der Waals surface area contributed by atoms with Gasteiger partial charge < -0.3 is 33.6 Å². The summed E-state index contributed by atoms with van der Waals surface area (Å²) < 4.78 is 31.2. The van der Waals surface area contributed by atoms with Crippen molar-refractivity contribution in [3.63, 3.8) is 0 Å². The molecule has 1 aromatic heterocycles. The molecule has 0 aromatic carbocycles. The van der Waals surface area contributed by atoms with E-state index < -0.39 is 17.8 Å². The molecule has 1 aromatic rings. The van der Waals surface area contributed by atoms with Crippen LogP contribution in [0.25, 0.3) is 0 Å². The fraction of sp³-hybridized carbons (Fsp3) is 0.919. The second-order valence-corrected chi connectivity index (χ2v) is 17.3. The second-order valence-electron chi connectivity index (χ2n) is 17.3. The summed E-state index contributed by atoms with van der Waals surface area (Å²) in [6.45, 7) is 14.1. The van der Waals surface area contributed by atoms with Crippen LogP contribution in [0.4, 0.5) is 0 Å². The van der Waals surface area contributed by atoms with Crippen molar-refractivity contribution in [2.24, 2.45) is 39.4 Å². The minimum atomic E-state index is -0.997. The van der Waals surface area contributed by atoms with Crippen molar-refractivity contribution in [2.75, 3.05) is 26.3 Å². The maximum absolute atomic E-state index is 12.4. The Morgan fingerprint density at radius 3 is 2.72 bits per heavy atom. The van der Waals surface area contributed by atoms with Crippen molar-refractivity contribution < 1.29 is 33.6 Å². The van der Waals surface area contributed by atoms with Gasteiger partial charge >= 0.3 is 0 Å². The normalized spacial score (nSPS) is 49.3. The monoisotopic (exact) mass is 642 g/mol. The lowest BCUT2D eigenvalue weighted by Gasteiger charge is -2.61. The molecule has 7 fully saturated rings. The van der Waals surface area contributed by atoms with Crippen LogP contribution >= 0.6 is 0 Å². The van der Waals surface area contributed by atoms with Crippen LogP contribution in [0.1, 0.15) is 105 Å². The Bertz CT molecular complexity index is 1250. The number of rotatable bonds is 8. The Morgan fingerprint density at radius 1 is 1.11 bits per heavy atom. The van der Waals surface area contributed by atoms with E-state index in [1.54, 1.807) is 12.5 Å². The number of aromatic nitrogens is 1. The SMILES string of the molecule is CCO[C@@H](C1CC[C@H]2C(O1)[C@H](O)[C@@]1(C)C3CC[C@H]4C[C@@H](O[C@H]5CN(Cc6ncco6)CCO5)CCC45C[C@@]35CC[C@]21C)C(C)(C)O. The molecule has 13 atom stereocenters. The number of aliphatic hydroxyl groups excluding tert-OH is 1. The van der Waals surface area contributed by atoms with Crippen molar-refractivity contribution in [3.05, 3.63) is 18.4 Å². The first-order valence-corrected chi connectivity index (χ1v) is 18.5. The first-order chi connectivity index (χ1) is 21.9. The summed E-state index contributed by atoms with van der Waals surface area (Å²) in [4.78, 5) is 6.62. The standard InChI is InChI=1S/C37H58N2O7/c1-6-42-32(33(2,3)41)26-9-8-25-30(46-26)31(40)35(5)27-10-7-23-19-24(11-12-36(23)22-37(27,36)14-13-34(25,35)4)45-29-21-39(16-18-44-29)20-28-38-15-17-43-28/h15,17,23-27,29-32,40-41H,6-14,16,18-22H2,1-5H3/t23-,24-,25-,26?,27?,29-,30?,31-,32-,34+,35+,36?,37-/m0/s1. The summed E-state index contributed by atoms with van der Waals surface area (Å²) in [5.41, 5.74) is -0.362. The molecular formula is C37H58N2O7. The number of ether oxygens (including phenoxy) is 4. The van der Waals surface area contributed by atoms with Crippen LogP contribution in [-0.4, -0.2) is 88.8 Å². The Morgan fingerprint density at radius 2 is 1.96 bits per heavy atom. The summed E-state index contributed by atoms with van der Waals surface area (Å²) in [5.74, 6) is 2.32. The number of oxazole rings is 1. The van der Waals surface area contributed by atoms with E-state index >= 15 is 0 Å². The molecule has 2 saturated heterocycles. The molecule has 9 nitrogen and oxygen atoms in total. The summed E-state index contributed by atoms with van der Waals surface area (Å²) >= 11 is 0. The van der Waals surface area contributed by atoms with E-state index in [-0.39, 0.29) is 35.4 Å². The third-order valence-electron chi connectivity index (χ3n) is 15.2. The van der Waals surface area contributed by atoms with Crippen molar-refractivity contribution in [1.29, 1.82) is 0 Å². The first-order valence-electron chi connectivity index (χ1n) is 18.5. The smallest absolute Gasteiger partial charge is 0.208 e. The highest BCUT2D eigenvalue weighted by atomic mass is 16.7. The Kier molecular flexibility index (Phi) is 7.85. The van der Waals surface area contributed by atoms with Gasteiger partial charge in [0.05, 0.1) is 55.9 Å². The van der Waals surface area contributed by atoms with Crippen LogP contribution in [-0.2, 0) is 25.5 Å². The fourth-order valence-corrected chi connectivity index (χ4v) is 13.0. The number of hydrogen-bond acceptors (Lipinski definition) is 9. The quantitative estimate of drug-likeness (QED) is 0.390.